The van der Waals surface area contributed by atoms with Crippen molar-refractivity contribution in [3.05, 3.63) is 30.1 Å². The van der Waals surface area contributed by atoms with Crippen molar-refractivity contribution in [3.63, 3.8) is 0 Å². The van der Waals surface area contributed by atoms with Crippen molar-refractivity contribution in [2.45, 2.75) is 31.8 Å². The third-order valence-corrected chi connectivity index (χ3v) is 3.74. The number of hydrogen-bond donors (Lipinski definition) is 2. The molecule has 1 aromatic rings. The molecule has 0 saturated carbocycles. The molecule has 1 saturated heterocycles. The lowest BCUT2D eigenvalue weighted by Gasteiger charge is -2.30. The molecule has 3 N–H and O–H groups in total. The molecule has 1 aromatic heterocycles. The van der Waals surface area contributed by atoms with Crippen LogP contribution in [0.25, 0.3) is 0 Å². The van der Waals surface area contributed by atoms with Crippen molar-refractivity contribution < 1.29 is 5.11 Å². The van der Waals surface area contributed by atoms with Gasteiger partial charge in [-0.05, 0) is 44.4 Å². The molecule has 4 heteroatoms. The Labute approximate surface area is 109 Å². The minimum Gasteiger partial charge on any atom is -0.396 e. The van der Waals surface area contributed by atoms with Crippen LogP contribution < -0.4 is 5.73 Å². The highest BCUT2D eigenvalue weighted by molar-refractivity contribution is 5.11. The van der Waals surface area contributed by atoms with Crippen molar-refractivity contribution in [3.8, 4) is 0 Å². The van der Waals surface area contributed by atoms with Gasteiger partial charge in [0.15, 0.2) is 0 Å². The van der Waals surface area contributed by atoms with Gasteiger partial charge in [0.1, 0.15) is 0 Å². The third-order valence-electron chi connectivity index (χ3n) is 3.74. The molecule has 100 valence electrons. The second-order valence-corrected chi connectivity index (χ2v) is 5.22. The number of nitrogens with zero attached hydrogens (tertiary/aromatic N) is 2. The lowest BCUT2D eigenvalue weighted by molar-refractivity contribution is 0.197. The number of pyridine rings is 1. The summed E-state index contributed by atoms with van der Waals surface area (Å²) in [5.41, 5.74) is 7.19. The molecule has 3 unspecified atom stereocenters. The van der Waals surface area contributed by atoms with Gasteiger partial charge in [-0.1, -0.05) is 6.07 Å². The molecule has 0 aromatic carbocycles. The smallest absolute Gasteiger partial charge is 0.0671 e. The summed E-state index contributed by atoms with van der Waals surface area (Å²) in [7, 11) is 0. The standard InChI is InChI=1S/C14H23N3O/c1-11(15)14(13-4-2-3-7-16-13)17-8-5-12(10-17)6-9-18/h2-4,7,11-12,14,18H,5-6,8-10,15H2,1H3. The first-order valence-electron chi connectivity index (χ1n) is 6.73. The summed E-state index contributed by atoms with van der Waals surface area (Å²) < 4.78 is 0. The average molecular weight is 249 g/mol. The highest BCUT2D eigenvalue weighted by Gasteiger charge is 2.31. The Morgan fingerprint density at radius 2 is 2.39 bits per heavy atom. The van der Waals surface area contributed by atoms with E-state index in [-0.39, 0.29) is 18.7 Å². The maximum Gasteiger partial charge on any atom is 0.0671 e. The summed E-state index contributed by atoms with van der Waals surface area (Å²) in [4.78, 5) is 6.85. The molecule has 1 fully saturated rings. The van der Waals surface area contributed by atoms with Crippen molar-refractivity contribution in [1.29, 1.82) is 0 Å². The normalized spacial score (nSPS) is 24.1. The van der Waals surface area contributed by atoms with Crippen LogP contribution in [0.3, 0.4) is 0 Å². The molecule has 0 spiro atoms. The van der Waals surface area contributed by atoms with Gasteiger partial charge in [-0.3, -0.25) is 9.88 Å². The van der Waals surface area contributed by atoms with Gasteiger partial charge in [-0.2, -0.15) is 0 Å². The Morgan fingerprint density at radius 1 is 1.56 bits per heavy atom. The summed E-state index contributed by atoms with van der Waals surface area (Å²) in [6.07, 6.45) is 3.87. The van der Waals surface area contributed by atoms with Crippen molar-refractivity contribution in [2.24, 2.45) is 11.7 Å². The fourth-order valence-electron chi connectivity index (χ4n) is 2.87. The largest absolute Gasteiger partial charge is 0.396 e. The number of rotatable bonds is 5. The van der Waals surface area contributed by atoms with Gasteiger partial charge < -0.3 is 10.8 Å². The first kappa shape index (κ1) is 13.5. The van der Waals surface area contributed by atoms with Crippen LogP contribution in [0, 0.1) is 5.92 Å². The molecule has 0 aliphatic carbocycles. The molecule has 2 heterocycles. The van der Waals surface area contributed by atoms with Gasteiger partial charge >= 0.3 is 0 Å². The summed E-state index contributed by atoms with van der Waals surface area (Å²) in [6.45, 7) is 4.39. The lowest BCUT2D eigenvalue weighted by Crippen LogP contribution is -2.38. The van der Waals surface area contributed by atoms with E-state index in [1.54, 1.807) is 0 Å². The van der Waals surface area contributed by atoms with Crippen LogP contribution in [0.4, 0.5) is 0 Å². The second kappa shape index (κ2) is 6.27. The molecule has 1 aliphatic rings. The Hall–Kier alpha value is -0.970. The predicted octanol–water partition coefficient (Wildman–Crippen LogP) is 1.17. The zero-order valence-electron chi connectivity index (χ0n) is 11.0. The van der Waals surface area contributed by atoms with Crippen LogP contribution in [-0.2, 0) is 0 Å². The number of hydrogen-bond acceptors (Lipinski definition) is 4. The molecule has 0 amide bonds. The molecular formula is C14H23N3O. The minimum atomic E-state index is 0.0628. The van der Waals surface area contributed by atoms with E-state index in [4.69, 9.17) is 10.8 Å². The minimum absolute atomic E-state index is 0.0628. The second-order valence-electron chi connectivity index (χ2n) is 5.22. The first-order chi connectivity index (χ1) is 8.72. The quantitative estimate of drug-likeness (QED) is 0.822. The molecule has 2 rings (SSSR count). The Morgan fingerprint density at radius 3 is 3.00 bits per heavy atom. The maximum atomic E-state index is 9.02. The monoisotopic (exact) mass is 249 g/mol. The fourth-order valence-corrected chi connectivity index (χ4v) is 2.87. The van der Waals surface area contributed by atoms with Crippen LogP contribution in [0.15, 0.2) is 24.4 Å². The SMILES string of the molecule is CC(N)C(c1ccccn1)N1CCC(CCO)C1. The molecule has 4 nitrogen and oxygen atoms in total. The van der Waals surface area contributed by atoms with Crippen molar-refractivity contribution in [1.82, 2.24) is 9.88 Å². The van der Waals surface area contributed by atoms with Crippen LogP contribution in [0.1, 0.15) is 31.5 Å². The Bertz CT molecular complexity index is 355. The first-order valence-corrected chi connectivity index (χ1v) is 6.73. The van der Waals surface area contributed by atoms with Gasteiger partial charge in [-0.15, -0.1) is 0 Å². The van der Waals surface area contributed by atoms with E-state index >= 15 is 0 Å². The van der Waals surface area contributed by atoms with Crippen molar-refractivity contribution >= 4 is 0 Å². The van der Waals surface area contributed by atoms with Crippen LogP contribution in [-0.4, -0.2) is 40.7 Å². The van der Waals surface area contributed by atoms with E-state index < -0.39 is 0 Å². The topological polar surface area (TPSA) is 62.4 Å². The summed E-state index contributed by atoms with van der Waals surface area (Å²) >= 11 is 0. The summed E-state index contributed by atoms with van der Waals surface area (Å²) in [5.74, 6) is 0.597. The number of aliphatic hydroxyl groups excluding tert-OH is 1. The van der Waals surface area contributed by atoms with E-state index in [0.29, 0.717) is 5.92 Å². The Kier molecular flexibility index (Phi) is 4.69. The molecule has 1 aliphatic heterocycles. The average Bonchev–Trinajstić information content (AvgIpc) is 2.79. The highest BCUT2D eigenvalue weighted by Crippen LogP contribution is 2.29. The van der Waals surface area contributed by atoms with Crippen molar-refractivity contribution in [2.75, 3.05) is 19.7 Å². The van der Waals surface area contributed by atoms with Crippen LogP contribution in [0.2, 0.25) is 0 Å². The van der Waals surface area contributed by atoms with E-state index in [0.717, 1.165) is 31.6 Å². The van der Waals surface area contributed by atoms with Gasteiger partial charge in [0, 0.05) is 25.4 Å². The van der Waals surface area contributed by atoms with Crippen LogP contribution in [0.5, 0.6) is 0 Å². The van der Waals surface area contributed by atoms with E-state index in [9.17, 15) is 0 Å². The summed E-state index contributed by atoms with van der Waals surface area (Å²) in [5, 5.41) is 9.02. The van der Waals surface area contributed by atoms with Gasteiger partial charge in [0.2, 0.25) is 0 Å². The van der Waals surface area contributed by atoms with Gasteiger partial charge in [0.25, 0.3) is 0 Å². The number of nitrogens with two attached hydrogens (primary N) is 1. The van der Waals surface area contributed by atoms with Crippen LogP contribution >= 0.6 is 0 Å². The molecule has 0 bridgehead atoms. The Balaban J connectivity index is 2.08. The predicted molar refractivity (Wildman–Crippen MR) is 72.0 cm³/mol. The van der Waals surface area contributed by atoms with Gasteiger partial charge in [0.05, 0.1) is 11.7 Å². The van der Waals surface area contributed by atoms with E-state index in [1.807, 2.05) is 31.3 Å². The van der Waals surface area contributed by atoms with E-state index in [2.05, 4.69) is 9.88 Å². The molecule has 3 atom stereocenters. The third kappa shape index (κ3) is 3.07. The van der Waals surface area contributed by atoms with Gasteiger partial charge in [-0.25, -0.2) is 0 Å². The molecule has 18 heavy (non-hydrogen) atoms. The molecular weight excluding hydrogens is 226 g/mol. The number of aliphatic hydroxyl groups is 1. The maximum absolute atomic E-state index is 9.02. The summed E-state index contributed by atoms with van der Waals surface area (Å²) in [6, 6.07) is 6.25. The van der Waals surface area contributed by atoms with E-state index in [1.165, 1.54) is 0 Å². The highest BCUT2D eigenvalue weighted by atomic mass is 16.3. The molecule has 0 radical (unpaired) electrons. The zero-order chi connectivity index (χ0) is 13.0. The number of aromatic nitrogens is 1. The fraction of sp³-hybridized carbons (Fsp3) is 0.643. The lowest BCUT2D eigenvalue weighted by atomic mass is 10.0. The number of likely N-dealkylation sites (tertiary alicyclic amines) is 1. The zero-order valence-corrected chi connectivity index (χ0v) is 11.0.